The fourth-order valence-corrected chi connectivity index (χ4v) is 5.30. The summed E-state index contributed by atoms with van der Waals surface area (Å²) in [5.41, 5.74) is 0.792. The van der Waals surface area contributed by atoms with Crippen LogP contribution in [-0.2, 0) is 20.5 Å². The van der Waals surface area contributed by atoms with E-state index in [0.717, 1.165) is 37.4 Å². The van der Waals surface area contributed by atoms with Gasteiger partial charge in [0.25, 0.3) is 0 Å². The van der Waals surface area contributed by atoms with Crippen LogP contribution in [0.15, 0.2) is 59.5 Å². The summed E-state index contributed by atoms with van der Waals surface area (Å²) in [5.74, 6) is 0. The Hall–Kier alpha value is -1.93. The highest BCUT2D eigenvalue weighted by Crippen LogP contribution is 2.36. The van der Waals surface area contributed by atoms with Gasteiger partial charge in [0.2, 0.25) is 10.0 Å². The van der Waals surface area contributed by atoms with E-state index in [1.807, 2.05) is 49.4 Å². The minimum Gasteiger partial charge on any atom is -0.369 e. The fraction of sp³-hybridized carbons (Fsp3) is 0.429. The normalized spacial score (nSPS) is 17.5. The van der Waals surface area contributed by atoms with E-state index in [-0.39, 0.29) is 4.90 Å². The van der Waals surface area contributed by atoms with E-state index < -0.39 is 15.7 Å². The second-order valence-electron chi connectivity index (χ2n) is 6.91. The van der Waals surface area contributed by atoms with E-state index in [2.05, 4.69) is 10.2 Å². The van der Waals surface area contributed by atoms with Gasteiger partial charge in [0.15, 0.2) is 5.72 Å². The van der Waals surface area contributed by atoms with Crippen LogP contribution in [0.2, 0.25) is 0 Å². The molecule has 2 aromatic rings. The highest BCUT2D eigenvalue weighted by Gasteiger charge is 2.42. The van der Waals surface area contributed by atoms with Gasteiger partial charge in [0.1, 0.15) is 0 Å². The Morgan fingerprint density at radius 1 is 1.07 bits per heavy atom. The number of hydrogen-bond donors (Lipinski definition) is 1. The Morgan fingerprint density at radius 2 is 1.68 bits per heavy atom. The molecule has 0 spiro atoms. The van der Waals surface area contributed by atoms with Gasteiger partial charge >= 0.3 is 0 Å². The summed E-state index contributed by atoms with van der Waals surface area (Å²) in [6.07, 6.45) is 0.488. The van der Waals surface area contributed by atoms with E-state index in [4.69, 9.17) is 4.74 Å². The molecule has 1 aliphatic rings. The number of ether oxygens (including phenoxy) is 1. The van der Waals surface area contributed by atoms with Gasteiger partial charge in [0, 0.05) is 46.0 Å². The van der Waals surface area contributed by atoms with Crippen molar-refractivity contribution in [2.24, 2.45) is 0 Å². The number of anilines is 1. The number of hydrogen-bond acceptors (Lipinski definition) is 5. The van der Waals surface area contributed by atoms with Crippen LogP contribution in [-0.4, -0.2) is 53.1 Å². The molecule has 6 nitrogen and oxygen atoms in total. The number of rotatable bonds is 7. The Balaban J connectivity index is 1.92. The van der Waals surface area contributed by atoms with Gasteiger partial charge in [-0.25, -0.2) is 8.42 Å². The Morgan fingerprint density at radius 3 is 2.21 bits per heavy atom. The molecule has 3 rings (SSSR count). The van der Waals surface area contributed by atoms with Gasteiger partial charge in [-0.05, 0) is 36.2 Å². The van der Waals surface area contributed by atoms with Crippen LogP contribution in [0.5, 0.6) is 0 Å². The smallest absolute Gasteiger partial charge is 0.245 e. The molecular formula is C21H29N3O3S. The average Bonchev–Trinajstić information content (AvgIpc) is 2.76. The summed E-state index contributed by atoms with van der Waals surface area (Å²) in [6, 6.07) is 16.6. The standard InChI is InChI=1S/C21H29N3O3S/c1-4-21(27-3,18-8-6-5-7-9-18)23(2)28(25,26)20-12-10-19(11-13-20)24-16-14-22-15-17-24/h5-13,22H,4,14-17H2,1-3H3. The van der Waals surface area contributed by atoms with E-state index in [1.54, 1.807) is 26.3 Å². The Kier molecular flexibility index (Phi) is 6.40. The van der Waals surface area contributed by atoms with Crippen LogP contribution in [0, 0.1) is 0 Å². The third-order valence-electron chi connectivity index (χ3n) is 5.53. The lowest BCUT2D eigenvalue weighted by Gasteiger charge is -2.39. The maximum atomic E-state index is 13.4. The first-order chi connectivity index (χ1) is 13.5. The van der Waals surface area contributed by atoms with Crippen molar-refractivity contribution < 1.29 is 13.2 Å². The molecule has 1 unspecified atom stereocenters. The van der Waals surface area contributed by atoms with Crippen LogP contribution >= 0.6 is 0 Å². The SMILES string of the molecule is CCC(OC)(c1ccccc1)N(C)S(=O)(=O)c1ccc(N2CCNCC2)cc1. The fourth-order valence-electron chi connectivity index (χ4n) is 3.80. The molecule has 1 heterocycles. The molecule has 0 radical (unpaired) electrons. The minimum absolute atomic E-state index is 0.264. The van der Waals surface area contributed by atoms with Crippen molar-refractivity contribution in [3.63, 3.8) is 0 Å². The number of benzene rings is 2. The Labute approximate surface area is 168 Å². The van der Waals surface area contributed by atoms with Crippen molar-refractivity contribution >= 4 is 15.7 Å². The first-order valence-electron chi connectivity index (χ1n) is 9.61. The van der Waals surface area contributed by atoms with Crippen LogP contribution in [0.1, 0.15) is 18.9 Å². The molecule has 0 amide bonds. The van der Waals surface area contributed by atoms with Crippen molar-refractivity contribution in [3.8, 4) is 0 Å². The van der Waals surface area contributed by atoms with Crippen molar-refractivity contribution in [1.29, 1.82) is 0 Å². The summed E-state index contributed by atoms with van der Waals surface area (Å²) in [4.78, 5) is 2.52. The average molecular weight is 404 g/mol. The molecule has 1 saturated heterocycles. The van der Waals surface area contributed by atoms with Crippen LogP contribution in [0.3, 0.4) is 0 Å². The summed E-state index contributed by atoms with van der Waals surface area (Å²) in [6.45, 7) is 5.64. The lowest BCUT2D eigenvalue weighted by atomic mass is 10.0. The zero-order valence-corrected chi connectivity index (χ0v) is 17.6. The molecule has 7 heteroatoms. The van der Waals surface area contributed by atoms with E-state index in [0.29, 0.717) is 6.42 Å². The van der Waals surface area contributed by atoms with Crippen molar-refractivity contribution in [2.45, 2.75) is 24.0 Å². The number of methoxy groups -OCH3 is 1. The summed E-state index contributed by atoms with van der Waals surface area (Å²) in [7, 11) is -0.605. The van der Waals surface area contributed by atoms with E-state index in [1.165, 1.54) is 4.31 Å². The zero-order chi connectivity index (χ0) is 20.2. The maximum Gasteiger partial charge on any atom is 0.245 e. The second kappa shape index (κ2) is 8.61. The number of sulfonamides is 1. The highest BCUT2D eigenvalue weighted by molar-refractivity contribution is 7.89. The van der Waals surface area contributed by atoms with Gasteiger partial charge in [0.05, 0.1) is 4.90 Å². The molecule has 1 N–H and O–H groups in total. The van der Waals surface area contributed by atoms with Gasteiger partial charge in [-0.2, -0.15) is 4.31 Å². The monoisotopic (exact) mass is 403 g/mol. The van der Waals surface area contributed by atoms with Crippen LogP contribution in [0.4, 0.5) is 5.69 Å². The van der Waals surface area contributed by atoms with Gasteiger partial charge in [-0.1, -0.05) is 37.3 Å². The molecule has 0 aliphatic carbocycles. The molecule has 1 fully saturated rings. The van der Waals surface area contributed by atoms with Crippen molar-refractivity contribution in [2.75, 3.05) is 45.2 Å². The topological polar surface area (TPSA) is 61.9 Å². The predicted molar refractivity (Wildman–Crippen MR) is 112 cm³/mol. The largest absolute Gasteiger partial charge is 0.369 e. The van der Waals surface area contributed by atoms with E-state index in [9.17, 15) is 8.42 Å². The minimum atomic E-state index is -3.74. The van der Waals surface area contributed by atoms with Crippen molar-refractivity contribution in [1.82, 2.24) is 9.62 Å². The molecule has 152 valence electrons. The Bertz CT molecular complexity index is 860. The highest BCUT2D eigenvalue weighted by atomic mass is 32.2. The number of nitrogens with one attached hydrogen (secondary N) is 1. The van der Waals surface area contributed by atoms with E-state index >= 15 is 0 Å². The number of nitrogens with zero attached hydrogens (tertiary/aromatic N) is 2. The third kappa shape index (κ3) is 3.80. The van der Waals surface area contributed by atoms with Gasteiger partial charge in [-0.15, -0.1) is 0 Å². The first-order valence-corrected chi connectivity index (χ1v) is 11.0. The second-order valence-corrected chi connectivity index (χ2v) is 8.88. The van der Waals surface area contributed by atoms with Crippen LogP contribution in [0.25, 0.3) is 0 Å². The van der Waals surface area contributed by atoms with Gasteiger partial charge in [-0.3, -0.25) is 0 Å². The molecule has 0 aromatic heterocycles. The maximum absolute atomic E-state index is 13.4. The molecule has 1 atom stereocenters. The lowest BCUT2D eigenvalue weighted by Crippen LogP contribution is -2.48. The molecular weight excluding hydrogens is 374 g/mol. The predicted octanol–water partition coefficient (Wildman–Crippen LogP) is 2.63. The first kappa shape index (κ1) is 20.8. The van der Waals surface area contributed by atoms with Gasteiger partial charge < -0.3 is 15.0 Å². The molecule has 0 bridgehead atoms. The lowest BCUT2D eigenvalue weighted by molar-refractivity contribution is -0.0961. The third-order valence-corrected chi connectivity index (χ3v) is 7.41. The van der Waals surface area contributed by atoms with Crippen LogP contribution < -0.4 is 10.2 Å². The number of piperazine rings is 1. The zero-order valence-electron chi connectivity index (χ0n) is 16.8. The summed E-state index contributed by atoms with van der Waals surface area (Å²) < 4.78 is 33.9. The molecule has 28 heavy (non-hydrogen) atoms. The molecule has 1 aliphatic heterocycles. The quantitative estimate of drug-likeness (QED) is 0.720. The summed E-state index contributed by atoms with van der Waals surface area (Å²) in [5, 5.41) is 3.32. The van der Waals surface area contributed by atoms with Crippen molar-refractivity contribution in [3.05, 3.63) is 60.2 Å². The molecule has 2 aromatic carbocycles. The molecule has 0 saturated carbocycles. The summed E-state index contributed by atoms with van der Waals surface area (Å²) >= 11 is 0.